The predicted octanol–water partition coefficient (Wildman–Crippen LogP) is 3.53. The average molecular weight is 384 g/mol. The van der Waals surface area contributed by atoms with Crippen LogP contribution < -0.4 is 5.32 Å². The number of fused-ring (bicyclic) bond motifs is 3. The molecule has 0 bridgehead atoms. The summed E-state index contributed by atoms with van der Waals surface area (Å²) in [5.74, 6) is -0.490. The van der Waals surface area contributed by atoms with Crippen LogP contribution in [0.3, 0.4) is 0 Å². The van der Waals surface area contributed by atoms with Crippen LogP contribution in [0.4, 0.5) is 4.39 Å². The van der Waals surface area contributed by atoms with Crippen molar-refractivity contribution in [2.75, 3.05) is 6.54 Å². The fourth-order valence-corrected chi connectivity index (χ4v) is 5.47. The molecule has 1 N–H and O–H groups in total. The summed E-state index contributed by atoms with van der Waals surface area (Å²) in [6, 6.07) is 13.3. The number of thioether (sulfide) groups is 1. The van der Waals surface area contributed by atoms with E-state index in [-0.39, 0.29) is 27.8 Å². The van der Waals surface area contributed by atoms with Gasteiger partial charge in [-0.1, -0.05) is 30.3 Å². The average Bonchev–Trinajstić information content (AvgIpc) is 3.07. The van der Waals surface area contributed by atoms with Crippen molar-refractivity contribution in [3.63, 3.8) is 0 Å². The van der Waals surface area contributed by atoms with Gasteiger partial charge in [-0.3, -0.25) is 9.59 Å². The molecule has 2 unspecified atom stereocenters. The first-order chi connectivity index (χ1) is 12.9. The van der Waals surface area contributed by atoms with Crippen LogP contribution in [0.1, 0.15) is 40.7 Å². The van der Waals surface area contributed by atoms with Crippen LogP contribution in [-0.4, -0.2) is 34.0 Å². The number of nitrogens with zero attached hydrogens (tertiary/aromatic N) is 1. The number of halogens is 1. The molecule has 2 atom stereocenters. The van der Waals surface area contributed by atoms with E-state index in [0.717, 1.165) is 11.1 Å². The molecule has 2 aromatic rings. The summed E-state index contributed by atoms with van der Waals surface area (Å²) in [6.45, 7) is 4.47. The summed E-state index contributed by atoms with van der Waals surface area (Å²) in [4.78, 5) is 27.6. The largest absolute Gasteiger partial charge is 0.354 e. The SMILES string of the molecule is CC1(C)SC2c3ccccc3C(=O)N2C1C(=O)NCCc1ccc(F)cc1. The number of rotatable bonds is 4. The Labute approximate surface area is 162 Å². The second-order valence-electron chi connectivity index (χ2n) is 7.44. The second-order valence-corrected chi connectivity index (χ2v) is 9.18. The third-order valence-corrected chi connectivity index (χ3v) is 6.71. The number of hydrogen-bond acceptors (Lipinski definition) is 3. The topological polar surface area (TPSA) is 49.4 Å². The Morgan fingerprint density at radius 1 is 1.19 bits per heavy atom. The van der Waals surface area contributed by atoms with Crippen LogP contribution in [-0.2, 0) is 11.2 Å². The van der Waals surface area contributed by atoms with Gasteiger partial charge in [0.05, 0.1) is 0 Å². The van der Waals surface area contributed by atoms with Gasteiger partial charge >= 0.3 is 0 Å². The van der Waals surface area contributed by atoms with E-state index < -0.39 is 6.04 Å². The lowest BCUT2D eigenvalue weighted by molar-refractivity contribution is -0.126. The lowest BCUT2D eigenvalue weighted by Gasteiger charge is -2.29. The van der Waals surface area contributed by atoms with E-state index in [0.29, 0.717) is 18.5 Å². The zero-order valence-electron chi connectivity index (χ0n) is 15.2. The second kappa shape index (κ2) is 6.68. The normalized spacial score (nSPS) is 22.5. The van der Waals surface area contributed by atoms with Gasteiger partial charge in [-0.2, -0.15) is 0 Å². The van der Waals surface area contributed by atoms with Crippen molar-refractivity contribution >= 4 is 23.6 Å². The van der Waals surface area contributed by atoms with E-state index in [1.165, 1.54) is 12.1 Å². The first-order valence-electron chi connectivity index (χ1n) is 9.00. The fraction of sp³-hybridized carbons (Fsp3) is 0.333. The zero-order chi connectivity index (χ0) is 19.2. The molecule has 0 aromatic heterocycles. The number of carbonyl (C=O) groups excluding carboxylic acids is 2. The molecule has 4 rings (SSSR count). The quantitative estimate of drug-likeness (QED) is 0.877. The first kappa shape index (κ1) is 18.0. The molecule has 6 heteroatoms. The lowest BCUT2D eigenvalue weighted by Crippen LogP contribution is -2.52. The van der Waals surface area contributed by atoms with Crippen LogP contribution in [0.2, 0.25) is 0 Å². The number of carbonyl (C=O) groups is 2. The molecule has 140 valence electrons. The van der Waals surface area contributed by atoms with Gasteiger partial charge in [0, 0.05) is 16.9 Å². The third kappa shape index (κ3) is 3.12. The van der Waals surface area contributed by atoms with Gasteiger partial charge in [0.2, 0.25) is 5.91 Å². The van der Waals surface area contributed by atoms with Crippen molar-refractivity contribution in [1.29, 1.82) is 0 Å². The Morgan fingerprint density at radius 3 is 2.63 bits per heavy atom. The Kier molecular flexibility index (Phi) is 4.46. The van der Waals surface area contributed by atoms with E-state index in [1.807, 2.05) is 38.1 Å². The Morgan fingerprint density at radius 2 is 1.89 bits per heavy atom. The van der Waals surface area contributed by atoms with Crippen molar-refractivity contribution in [3.05, 3.63) is 71.0 Å². The van der Waals surface area contributed by atoms with Crippen molar-refractivity contribution in [1.82, 2.24) is 10.2 Å². The van der Waals surface area contributed by atoms with Gasteiger partial charge in [-0.05, 0) is 49.6 Å². The monoisotopic (exact) mass is 384 g/mol. The molecule has 0 radical (unpaired) electrons. The maximum absolute atomic E-state index is 13.0. The molecule has 27 heavy (non-hydrogen) atoms. The summed E-state index contributed by atoms with van der Waals surface area (Å²) < 4.78 is 12.6. The van der Waals surface area contributed by atoms with Gasteiger partial charge in [0.15, 0.2) is 0 Å². The molecule has 2 aliphatic heterocycles. The van der Waals surface area contributed by atoms with Gasteiger partial charge in [0.25, 0.3) is 5.91 Å². The number of nitrogens with one attached hydrogen (secondary N) is 1. The zero-order valence-corrected chi connectivity index (χ0v) is 16.1. The van der Waals surface area contributed by atoms with Crippen molar-refractivity contribution in [2.45, 2.75) is 36.4 Å². The predicted molar refractivity (Wildman–Crippen MR) is 104 cm³/mol. The molecular weight excluding hydrogens is 363 g/mol. The molecule has 2 aromatic carbocycles. The molecule has 2 aliphatic rings. The molecule has 0 spiro atoms. The lowest BCUT2D eigenvalue weighted by atomic mass is 10.0. The molecule has 1 fully saturated rings. The summed E-state index contributed by atoms with van der Waals surface area (Å²) in [7, 11) is 0. The summed E-state index contributed by atoms with van der Waals surface area (Å²) in [6.07, 6.45) is 0.615. The van der Waals surface area contributed by atoms with Crippen LogP contribution >= 0.6 is 11.8 Å². The van der Waals surface area contributed by atoms with E-state index >= 15 is 0 Å². The third-order valence-electron chi connectivity index (χ3n) is 5.17. The summed E-state index contributed by atoms with van der Waals surface area (Å²) >= 11 is 1.66. The maximum Gasteiger partial charge on any atom is 0.256 e. The molecular formula is C21H21FN2O2S. The van der Waals surface area contributed by atoms with Gasteiger partial charge in [-0.25, -0.2) is 4.39 Å². The van der Waals surface area contributed by atoms with Crippen LogP contribution in [0, 0.1) is 5.82 Å². The number of hydrogen-bond donors (Lipinski definition) is 1. The Balaban J connectivity index is 1.48. The number of amides is 2. The molecule has 2 amide bonds. The van der Waals surface area contributed by atoms with E-state index in [4.69, 9.17) is 0 Å². The Bertz CT molecular complexity index is 897. The van der Waals surface area contributed by atoms with Gasteiger partial charge < -0.3 is 10.2 Å². The van der Waals surface area contributed by atoms with E-state index in [1.54, 1.807) is 28.8 Å². The summed E-state index contributed by atoms with van der Waals surface area (Å²) in [5.41, 5.74) is 2.64. The highest BCUT2D eigenvalue weighted by Gasteiger charge is 2.57. The van der Waals surface area contributed by atoms with Crippen LogP contribution in [0.25, 0.3) is 0 Å². The van der Waals surface area contributed by atoms with Crippen molar-refractivity contribution in [2.24, 2.45) is 0 Å². The van der Waals surface area contributed by atoms with Crippen LogP contribution in [0.5, 0.6) is 0 Å². The van der Waals surface area contributed by atoms with Crippen LogP contribution in [0.15, 0.2) is 48.5 Å². The standard InChI is InChI=1S/C21H21FN2O2S/c1-21(2)17(18(25)23-12-11-13-7-9-14(22)10-8-13)24-19(26)15-5-3-4-6-16(15)20(24)27-21/h3-10,17,20H,11-12H2,1-2H3,(H,23,25). The van der Waals surface area contributed by atoms with Crippen molar-refractivity contribution < 1.29 is 14.0 Å². The molecule has 2 heterocycles. The highest BCUT2D eigenvalue weighted by atomic mass is 32.2. The molecule has 1 saturated heterocycles. The molecule has 0 aliphatic carbocycles. The van der Waals surface area contributed by atoms with Gasteiger partial charge in [-0.15, -0.1) is 11.8 Å². The smallest absolute Gasteiger partial charge is 0.256 e. The summed E-state index contributed by atoms with van der Waals surface area (Å²) in [5, 5.41) is 2.85. The first-order valence-corrected chi connectivity index (χ1v) is 9.88. The van der Waals surface area contributed by atoms with E-state index in [9.17, 15) is 14.0 Å². The Hall–Kier alpha value is -2.34. The minimum Gasteiger partial charge on any atom is -0.354 e. The number of benzene rings is 2. The van der Waals surface area contributed by atoms with Crippen molar-refractivity contribution in [3.8, 4) is 0 Å². The highest BCUT2D eigenvalue weighted by molar-refractivity contribution is 8.01. The van der Waals surface area contributed by atoms with E-state index in [2.05, 4.69) is 5.32 Å². The minimum atomic E-state index is -0.527. The fourth-order valence-electron chi connectivity index (χ4n) is 3.88. The van der Waals surface area contributed by atoms with Gasteiger partial charge in [0.1, 0.15) is 17.2 Å². The molecule has 0 saturated carbocycles. The minimum absolute atomic E-state index is 0.0765. The molecule has 4 nitrogen and oxygen atoms in total. The maximum atomic E-state index is 13.0. The highest BCUT2D eigenvalue weighted by Crippen LogP contribution is 2.56.